The fourth-order valence-electron chi connectivity index (χ4n) is 5.35. The maximum Gasteiger partial charge on any atom is 0.262 e. The number of carbonyl (C=O) groups is 1. The predicted octanol–water partition coefficient (Wildman–Crippen LogP) is 4.69. The molecule has 2 aliphatic rings. The Balaban J connectivity index is 1.53. The molecular weight excluding hydrogens is 465 g/mol. The number of halogens is 1. The third-order valence-electron chi connectivity index (χ3n) is 7.00. The van der Waals surface area contributed by atoms with Gasteiger partial charge in [0.15, 0.2) is 0 Å². The molecule has 0 aromatic heterocycles. The van der Waals surface area contributed by atoms with E-state index in [1.54, 1.807) is 24.3 Å². The Bertz CT molecular complexity index is 1420. The number of fused-ring (bicyclic) bond motifs is 3. The Morgan fingerprint density at radius 1 is 1.06 bits per heavy atom. The number of nitrogens with zero attached hydrogens (tertiary/aromatic N) is 2. The lowest BCUT2D eigenvalue weighted by Crippen LogP contribution is -2.47. The molecule has 0 saturated carbocycles. The number of para-hydroxylation sites is 1. The van der Waals surface area contributed by atoms with E-state index in [9.17, 15) is 17.6 Å². The zero-order chi connectivity index (χ0) is 24.9. The molecule has 0 aliphatic carbocycles. The Hall–Kier alpha value is -3.23. The van der Waals surface area contributed by atoms with Crippen LogP contribution in [0.4, 0.5) is 15.8 Å². The lowest BCUT2D eigenvalue weighted by molar-refractivity contribution is 0.0965. The van der Waals surface area contributed by atoms with Crippen LogP contribution in [-0.4, -0.2) is 45.4 Å². The van der Waals surface area contributed by atoms with Gasteiger partial charge in [0.1, 0.15) is 5.82 Å². The number of likely N-dealkylation sites (N-methyl/N-ethyl adjacent to an activating group) is 1. The Kier molecular flexibility index (Phi) is 5.89. The van der Waals surface area contributed by atoms with E-state index in [-0.39, 0.29) is 34.0 Å². The largest absolute Gasteiger partial charge is 0.306 e. The first-order valence-electron chi connectivity index (χ1n) is 11.7. The molecule has 8 heteroatoms. The van der Waals surface area contributed by atoms with Crippen LogP contribution in [-0.2, 0) is 10.0 Å². The average Bonchev–Trinajstić information content (AvgIpc) is 3.11. The van der Waals surface area contributed by atoms with Gasteiger partial charge >= 0.3 is 0 Å². The van der Waals surface area contributed by atoms with Gasteiger partial charge in [0, 0.05) is 24.2 Å². The molecule has 0 unspecified atom stereocenters. The topological polar surface area (TPSA) is 69.7 Å². The molecule has 0 radical (unpaired) electrons. The lowest BCUT2D eigenvalue weighted by Gasteiger charge is -2.36. The molecule has 1 amide bonds. The maximum absolute atomic E-state index is 14.0. The molecule has 6 nitrogen and oxygen atoms in total. The molecule has 1 fully saturated rings. The second-order valence-corrected chi connectivity index (χ2v) is 11.2. The predicted molar refractivity (Wildman–Crippen MR) is 135 cm³/mol. The third-order valence-corrected chi connectivity index (χ3v) is 8.53. The molecule has 182 valence electrons. The lowest BCUT2D eigenvalue weighted by atomic mass is 9.88. The Labute approximate surface area is 205 Å². The first kappa shape index (κ1) is 23.5. The summed E-state index contributed by atoms with van der Waals surface area (Å²) in [5.74, 6) is -0.535. The molecule has 5 rings (SSSR count). The number of carbonyl (C=O) groups excluding carboxylic acids is 1. The minimum absolute atomic E-state index is 0.0134. The van der Waals surface area contributed by atoms with E-state index in [1.165, 1.54) is 19.1 Å². The highest BCUT2D eigenvalue weighted by Gasteiger charge is 2.44. The average molecular weight is 494 g/mol. The number of amides is 1. The number of rotatable bonds is 4. The summed E-state index contributed by atoms with van der Waals surface area (Å²) in [7, 11) is -1.94. The van der Waals surface area contributed by atoms with Gasteiger partial charge in [-0.25, -0.2) is 12.8 Å². The van der Waals surface area contributed by atoms with E-state index in [0.717, 1.165) is 42.4 Å². The molecule has 2 aliphatic heterocycles. The fraction of sp³-hybridized carbons (Fsp3) is 0.296. The summed E-state index contributed by atoms with van der Waals surface area (Å²) in [5, 5.41) is 0. The van der Waals surface area contributed by atoms with Crippen LogP contribution in [0.15, 0.2) is 65.6 Å². The molecule has 3 aromatic rings. The summed E-state index contributed by atoms with van der Waals surface area (Å²) >= 11 is 0. The van der Waals surface area contributed by atoms with Gasteiger partial charge in [0.25, 0.3) is 15.9 Å². The quantitative estimate of drug-likeness (QED) is 0.573. The first-order valence-corrected chi connectivity index (χ1v) is 13.1. The SMILES string of the molecule is Cc1ccc2c(c1)[C@@H]1CN(C)CC[C@H]1N2C(=O)c1ccccc1NS(=O)(=O)c1ccc(F)cc1C. The Morgan fingerprint density at radius 2 is 1.83 bits per heavy atom. The number of anilines is 2. The standard InChI is InChI=1S/C27H28FN3O3S/c1-17-8-10-24-21(14-17)22-16-30(3)13-12-25(22)31(24)27(32)20-6-4-5-7-23(20)29-35(33,34)26-11-9-19(28)15-18(26)2/h4-11,14-15,22,25,29H,12-13,16H2,1-3H3/t22-,25+/m0/s1. The summed E-state index contributed by atoms with van der Waals surface area (Å²) in [6.45, 7) is 5.34. The van der Waals surface area contributed by atoms with Crippen LogP contribution in [0.2, 0.25) is 0 Å². The van der Waals surface area contributed by atoms with E-state index in [0.29, 0.717) is 5.56 Å². The summed E-state index contributed by atoms with van der Waals surface area (Å²) in [6.07, 6.45) is 0.837. The maximum atomic E-state index is 14.0. The second kappa shape index (κ2) is 8.77. The molecule has 35 heavy (non-hydrogen) atoms. The molecular formula is C27H28FN3O3S. The summed E-state index contributed by atoms with van der Waals surface area (Å²) in [4.78, 5) is 18.1. The van der Waals surface area contributed by atoms with Gasteiger partial charge in [-0.3, -0.25) is 9.52 Å². The van der Waals surface area contributed by atoms with Crippen molar-refractivity contribution in [2.75, 3.05) is 29.8 Å². The summed E-state index contributed by atoms with van der Waals surface area (Å²) in [6, 6.07) is 16.3. The number of likely N-dealkylation sites (tertiary alicyclic amines) is 1. The number of hydrogen-bond acceptors (Lipinski definition) is 4. The highest BCUT2D eigenvalue weighted by molar-refractivity contribution is 7.92. The molecule has 1 N–H and O–H groups in total. The third kappa shape index (κ3) is 4.21. The van der Waals surface area contributed by atoms with Crippen molar-refractivity contribution in [1.82, 2.24) is 4.90 Å². The molecule has 2 heterocycles. The minimum Gasteiger partial charge on any atom is -0.306 e. The van der Waals surface area contributed by atoms with Crippen molar-refractivity contribution in [2.45, 2.75) is 37.1 Å². The van der Waals surface area contributed by atoms with Gasteiger partial charge in [0.2, 0.25) is 0 Å². The highest BCUT2D eigenvalue weighted by Crippen LogP contribution is 2.46. The number of aryl methyl sites for hydroxylation is 2. The number of sulfonamides is 1. The van der Waals surface area contributed by atoms with Crippen LogP contribution in [0.1, 0.15) is 39.4 Å². The smallest absolute Gasteiger partial charge is 0.262 e. The first-order chi connectivity index (χ1) is 16.7. The number of hydrogen-bond donors (Lipinski definition) is 1. The highest BCUT2D eigenvalue weighted by atomic mass is 32.2. The van der Waals surface area contributed by atoms with Gasteiger partial charge in [0.05, 0.1) is 16.1 Å². The van der Waals surface area contributed by atoms with Crippen LogP contribution >= 0.6 is 0 Å². The van der Waals surface area contributed by atoms with E-state index in [4.69, 9.17) is 0 Å². The summed E-state index contributed by atoms with van der Waals surface area (Å²) < 4.78 is 42.4. The van der Waals surface area contributed by atoms with Crippen LogP contribution in [0, 0.1) is 19.7 Å². The van der Waals surface area contributed by atoms with E-state index >= 15 is 0 Å². The Morgan fingerprint density at radius 3 is 2.60 bits per heavy atom. The normalized spacial score (nSPS) is 19.8. The van der Waals surface area contributed by atoms with Crippen LogP contribution in [0.3, 0.4) is 0 Å². The van der Waals surface area contributed by atoms with E-state index < -0.39 is 15.8 Å². The van der Waals surface area contributed by atoms with E-state index in [1.807, 2.05) is 24.0 Å². The number of nitrogens with one attached hydrogen (secondary N) is 1. The number of piperidine rings is 1. The van der Waals surface area contributed by atoms with Crippen molar-refractivity contribution in [3.63, 3.8) is 0 Å². The second-order valence-electron chi connectivity index (χ2n) is 9.52. The summed E-state index contributed by atoms with van der Waals surface area (Å²) in [5.41, 5.74) is 3.97. The molecule has 3 aromatic carbocycles. The van der Waals surface area contributed by atoms with Crippen molar-refractivity contribution in [2.24, 2.45) is 0 Å². The van der Waals surface area contributed by atoms with E-state index in [2.05, 4.69) is 22.7 Å². The molecule has 2 atom stereocenters. The van der Waals surface area contributed by atoms with Gasteiger partial charge < -0.3 is 9.80 Å². The van der Waals surface area contributed by atoms with Gasteiger partial charge in [-0.2, -0.15) is 0 Å². The minimum atomic E-state index is -4.03. The zero-order valence-corrected chi connectivity index (χ0v) is 20.8. The number of benzene rings is 3. The fourth-order valence-corrected chi connectivity index (χ4v) is 6.66. The molecule has 0 spiro atoms. The van der Waals surface area contributed by atoms with Crippen LogP contribution in [0.5, 0.6) is 0 Å². The van der Waals surface area contributed by atoms with Crippen LogP contribution < -0.4 is 9.62 Å². The van der Waals surface area contributed by atoms with Gasteiger partial charge in [-0.1, -0.05) is 29.8 Å². The van der Waals surface area contributed by atoms with Crippen molar-refractivity contribution in [1.29, 1.82) is 0 Å². The molecule has 1 saturated heterocycles. The molecule has 0 bridgehead atoms. The van der Waals surface area contributed by atoms with Gasteiger partial charge in [-0.05, 0) is 81.4 Å². The van der Waals surface area contributed by atoms with Crippen LogP contribution in [0.25, 0.3) is 0 Å². The monoisotopic (exact) mass is 493 g/mol. The zero-order valence-electron chi connectivity index (χ0n) is 20.0. The van der Waals surface area contributed by atoms with Gasteiger partial charge in [-0.15, -0.1) is 0 Å². The van der Waals surface area contributed by atoms with Crippen molar-refractivity contribution in [3.8, 4) is 0 Å². The van der Waals surface area contributed by atoms with Crippen molar-refractivity contribution in [3.05, 3.63) is 88.7 Å². The van der Waals surface area contributed by atoms with Crippen molar-refractivity contribution >= 4 is 27.3 Å². The van der Waals surface area contributed by atoms with Crippen molar-refractivity contribution < 1.29 is 17.6 Å².